The van der Waals surface area contributed by atoms with Gasteiger partial charge in [0, 0.05) is 5.57 Å². The molecule has 2 aliphatic carbocycles. The molecule has 7 atom stereocenters. The topological polar surface area (TPSA) is 116 Å². The van der Waals surface area contributed by atoms with Crippen molar-refractivity contribution in [1.82, 2.24) is 0 Å². The van der Waals surface area contributed by atoms with Crippen LogP contribution in [0.4, 0.5) is 0 Å². The molecule has 0 aromatic heterocycles. The van der Waals surface area contributed by atoms with Gasteiger partial charge in [0.2, 0.25) is 0 Å². The van der Waals surface area contributed by atoms with E-state index in [1.165, 1.54) is 5.57 Å². The van der Waals surface area contributed by atoms with E-state index >= 15 is 0 Å². The molecular weight excluding hydrogens is 364 g/mol. The number of carbonyl (C=O) groups is 1. The minimum absolute atomic E-state index is 0.0106. The lowest BCUT2D eigenvalue weighted by Crippen LogP contribution is -2.59. The molecule has 4 N–H and O–H groups in total. The second kappa shape index (κ2) is 8.34. The molecule has 7 nitrogen and oxygen atoms in total. The van der Waals surface area contributed by atoms with E-state index in [1.807, 2.05) is 6.92 Å². The number of aliphatic hydroxyl groups is 4. The Hall–Kier alpha value is -1.09. The molecule has 0 radical (unpaired) electrons. The Morgan fingerprint density at radius 1 is 1.29 bits per heavy atom. The second-order valence-corrected chi connectivity index (χ2v) is 8.69. The summed E-state index contributed by atoms with van der Waals surface area (Å²) in [5.74, 6) is 0.506. The van der Waals surface area contributed by atoms with E-state index in [9.17, 15) is 25.2 Å². The van der Waals surface area contributed by atoms with E-state index in [0.29, 0.717) is 12.3 Å². The number of allylic oxidation sites excluding steroid dienone is 3. The zero-order chi connectivity index (χ0) is 20.6. The summed E-state index contributed by atoms with van der Waals surface area (Å²) >= 11 is 0. The molecule has 7 unspecified atom stereocenters. The van der Waals surface area contributed by atoms with Gasteiger partial charge in [-0.15, -0.1) is 0 Å². The molecule has 158 valence electrons. The maximum atomic E-state index is 12.7. The Morgan fingerprint density at radius 2 is 2.00 bits per heavy atom. The van der Waals surface area contributed by atoms with E-state index in [-0.39, 0.29) is 17.8 Å². The molecule has 2 fully saturated rings. The number of ether oxygens (including phenoxy) is 2. The highest BCUT2D eigenvalue weighted by Crippen LogP contribution is 2.51. The summed E-state index contributed by atoms with van der Waals surface area (Å²) < 4.78 is 11.0. The molecular formula is C21H32O7. The standard InChI is InChI=1S/C21H32O7/c1-11(10-27-20-19(26)18(25)17(24)16(9-22)28-20)14-8-21(3)12(2)5-4-6-13(21)7-15(14)23/h7,12,16-20,22,24-26H,4-6,8-10H2,1-3H3. The Balaban J connectivity index is 1.73. The highest BCUT2D eigenvalue weighted by Gasteiger charge is 2.45. The normalized spacial score (nSPS) is 43.4. The fourth-order valence-corrected chi connectivity index (χ4v) is 4.60. The van der Waals surface area contributed by atoms with E-state index in [0.717, 1.165) is 30.4 Å². The van der Waals surface area contributed by atoms with E-state index in [2.05, 4.69) is 13.8 Å². The summed E-state index contributed by atoms with van der Waals surface area (Å²) in [6, 6.07) is 0. The van der Waals surface area contributed by atoms with Crippen molar-refractivity contribution in [2.45, 2.75) is 77.2 Å². The summed E-state index contributed by atoms with van der Waals surface area (Å²) in [5, 5.41) is 39.1. The molecule has 1 saturated carbocycles. The lowest BCUT2D eigenvalue weighted by Gasteiger charge is -2.45. The predicted molar refractivity (Wildman–Crippen MR) is 101 cm³/mol. The van der Waals surface area contributed by atoms with Gasteiger partial charge in [-0.25, -0.2) is 0 Å². The van der Waals surface area contributed by atoms with Crippen molar-refractivity contribution < 1.29 is 34.7 Å². The Labute approximate surface area is 165 Å². The van der Waals surface area contributed by atoms with Gasteiger partial charge in [-0.05, 0) is 55.6 Å². The van der Waals surface area contributed by atoms with Crippen molar-refractivity contribution in [2.24, 2.45) is 11.3 Å². The molecule has 1 aliphatic heterocycles. The highest BCUT2D eigenvalue weighted by molar-refractivity contribution is 6.06. The fourth-order valence-electron chi connectivity index (χ4n) is 4.60. The molecule has 3 rings (SSSR count). The van der Waals surface area contributed by atoms with Crippen molar-refractivity contribution >= 4 is 5.78 Å². The lowest BCUT2D eigenvalue weighted by atomic mass is 9.59. The van der Waals surface area contributed by atoms with Gasteiger partial charge < -0.3 is 29.9 Å². The van der Waals surface area contributed by atoms with Crippen LogP contribution >= 0.6 is 0 Å². The summed E-state index contributed by atoms with van der Waals surface area (Å²) in [6.45, 7) is 5.83. The average Bonchev–Trinajstić information content (AvgIpc) is 2.67. The van der Waals surface area contributed by atoms with Crippen LogP contribution in [0.25, 0.3) is 0 Å². The molecule has 28 heavy (non-hydrogen) atoms. The quantitative estimate of drug-likeness (QED) is 0.521. The zero-order valence-corrected chi connectivity index (χ0v) is 16.8. The van der Waals surface area contributed by atoms with Crippen molar-refractivity contribution in [3.8, 4) is 0 Å². The first kappa shape index (κ1) is 21.6. The third kappa shape index (κ3) is 3.84. The first-order chi connectivity index (χ1) is 13.2. The first-order valence-corrected chi connectivity index (χ1v) is 10.0. The molecule has 1 saturated heterocycles. The van der Waals surface area contributed by atoms with E-state index in [1.54, 1.807) is 6.08 Å². The van der Waals surface area contributed by atoms with Crippen LogP contribution in [-0.4, -0.2) is 70.1 Å². The van der Waals surface area contributed by atoms with Gasteiger partial charge in [0.05, 0.1) is 13.2 Å². The van der Waals surface area contributed by atoms with Gasteiger partial charge >= 0.3 is 0 Å². The van der Waals surface area contributed by atoms with E-state index in [4.69, 9.17) is 9.47 Å². The van der Waals surface area contributed by atoms with Crippen LogP contribution in [0.3, 0.4) is 0 Å². The lowest BCUT2D eigenvalue weighted by molar-refractivity contribution is -0.299. The molecule has 0 bridgehead atoms. The van der Waals surface area contributed by atoms with E-state index < -0.39 is 37.3 Å². The number of ketones is 1. The van der Waals surface area contributed by atoms with Crippen molar-refractivity contribution in [3.63, 3.8) is 0 Å². The SMILES string of the molecule is CC(COC1OC(CO)C(O)C(O)C1O)=C1CC2(C)C(=CC1=O)CCCC2C. The summed E-state index contributed by atoms with van der Waals surface area (Å²) in [7, 11) is 0. The van der Waals surface area contributed by atoms with Gasteiger partial charge in [0.1, 0.15) is 24.4 Å². The average molecular weight is 396 g/mol. The number of hydrogen-bond acceptors (Lipinski definition) is 7. The van der Waals surface area contributed by atoms with Crippen LogP contribution in [0.1, 0.15) is 46.5 Å². The maximum Gasteiger partial charge on any atom is 0.187 e. The molecule has 0 spiro atoms. The number of hydrogen-bond donors (Lipinski definition) is 4. The minimum atomic E-state index is -1.48. The second-order valence-electron chi connectivity index (χ2n) is 8.69. The van der Waals surface area contributed by atoms with Gasteiger partial charge in [0.15, 0.2) is 12.1 Å². The molecule has 0 aromatic carbocycles. The van der Waals surface area contributed by atoms with Crippen LogP contribution in [0.5, 0.6) is 0 Å². The molecule has 7 heteroatoms. The molecule has 0 aromatic rings. The molecule has 0 amide bonds. The Bertz CT molecular complexity index is 668. The van der Waals surface area contributed by atoms with Crippen LogP contribution in [0.2, 0.25) is 0 Å². The number of carbonyl (C=O) groups excluding carboxylic acids is 1. The number of rotatable bonds is 4. The Kier molecular flexibility index (Phi) is 6.44. The van der Waals surface area contributed by atoms with Gasteiger partial charge in [-0.1, -0.05) is 19.4 Å². The molecule has 3 aliphatic rings. The van der Waals surface area contributed by atoms with Gasteiger partial charge in [0.25, 0.3) is 0 Å². The predicted octanol–water partition coefficient (Wildman–Crippen LogP) is 0.845. The number of fused-ring (bicyclic) bond motifs is 1. The van der Waals surface area contributed by atoms with Crippen LogP contribution in [0, 0.1) is 11.3 Å². The smallest absolute Gasteiger partial charge is 0.187 e. The maximum absolute atomic E-state index is 12.7. The molecule has 1 heterocycles. The third-order valence-corrected chi connectivity index (χ3v) is 6.88. The summed E-state index contributed by atoms with van der Waals surface area (Å²) in [6.07, 6.45) is -0.859. The highest BCUT2D eigenvalue weighted by atomic mass is 16.7. The summed E-state index contributed by atoms with van der Waals surface area (Å²) in [5.41, 5.74) is 2.70. The van der Waals surface area contributed by atoms with Crippen molar-refractivity contribution in [3.05, 3.63) is 22.8 Å². The fraction of sp³-hybridized carbons (Fsp3) is 0.762. The minimum Gasteiger partial charge on any atom is -0.394 e. The van der Waals surface area contributed by atoms with Gasteiger partial charge in [-0.2, -0.15) is 0 Å². The van der Waals surface area contributed by atoms with Crippen LogP contribution in [0.15, 0.2) is 22.8 Å². The van der Waals surface area contributed by atoms with Crippen LogP contribution < -0.4 is 0 Å². The summed E-state index contributed by atoms with van der Waals surface area (Å²) in [4.78, 5) is 12.7. The first-order valence-electron chi connectivity index (χ1n) is 10.0. The third-order valence-electron chi connectivity index (χ3n) is 6.88. The number of aliphatic hydroxyl groups excluding tert-OH is 4. The zero-order valence-electron chi connectivity index (χ0n) is 16.8. The van der Waals surface area contributed by atoms with Crippen LogP contribution in [-0.2, 0) is 14.3 Å². The monoisotopic (exact) mass is 396 g/mol. The van der Waals surface area contributed by atoms with Gasteiger partial charge in [-0.3, -0.25) is 4.79 Å². The van der Waals surface area contributed by atoms with Crippen molar-refractivity contribution in [2.75, 3.05) is 13.2 Å². The largest absolute Gasteiger partial charge is 0.394 e. The van der Waals surface area contributed by atoms with Crippen molar-refractivity contribution in [1.29, 1.82) is 0 Å². The Morgan fingerprint density at radius 3 is 2.68 bits per heavy atom.